The van der Waals surface area contributed by atoms with Crippen LogP contribution in [0.15, 0.2) is 60.9 Å². The molecule has 0 saturated heterocycles. The predicted molar refractivity (Wildman–Crippen MR) is 105 cm³/mol. The second kappa shape index (κ2) is 7.93. The van der Waals surface area contributed by atoms with Gasteiger partial charge in [-0.1, -0.05) is 6.07 Å². The topological polar surface area (TPSA) is 71.1 Å². The number of aryl methyl sites for hydroxylation is 1. The summed E-state index contributed by atoms with van der Waals surface area (Å²) in [5.74, 6) is -0.536. The molecular weight excluding hydrogens is 346 g/mol. The highest BCUT2D eigenvalue weighted by Gasteiger charge is 2.17. The van der Waals surface area contributed by atoms with Crippen LogP contribution in [0.4, 0.5) is 11.4 Å². The third-order valence-electron chi connectivity index (χ3n) is 3.91. The quantitative estimate of drug-likeness (QED) is 0.702. The summed E-state index contributed by atoms with van der Waals surface area (Å²) in [5, 5.41) is 5.73. The van der Waals surface area contributed by atoms with E-state index in [9.17, 15) is 9.59 Å². The molecule has 0 spiro atoms. The van der Waals surface area contributed by atoms with Crippen molar-refractivity contribution in [2.45, 2.75) is 19.8 Å². The largest absolute Gasteiger partial charge is 0.325 e. The highest BCUT2D eigenvalue weighted by Crippen LogP contribution is 2.26. The van der Waals surface area contributed by atoms with Crippen LogP contribution >= 0.6 is 11.3 Å². The number of hydrogen-bond donors (Lipinski definition) is 2. The van der Waals surface area contributed by atoms with Gasteiger partial charge in [-0.15, -0.1) is 11.3 Å². The highest BCUT2D eigenvalue weighted by molar-refractivity contribution is 7.12. The fourth-order valence-electron chi connectivity index (χ4n) is 2.45. The summed E-state index contributed by atoms with van der Waals surface area (Å²) in [6.45, 7) is 3.91. The molecule has 0 fully saturated rings. The molecule has 2 heterocycles. The van der Waals surface area contributed by atoms with Gasteiger partial charge in [0.2, 0.25) is 5.91 Å². The molecule has 0 saturated carbocycles. The van der Waals surface area contributed by atoms with Crippen molar-refractivity contribution >= 4 is 34.5 Å². The van der Waals surface area contributed by atoms with Crippen LogP contribution in [0.3, 0.4) is 0 Å². The van der Waals surface area contributed by atoms with Crippen molar-refractivity contribution in [1.82, 2.24) is 4.98 Å². The first-order valence-electron chi connectivity index (χ1n) is 8.21. The average Bonchev–Trinajstić information content (AvgIpc) is 3.08. The number of carbonyl (C=O) groups excluding carboxylic acids is 2. The fraction of sp³-hybridized carbons (Fsp3) is 0.150. The number of anilines is 2. The Balaban J connectivity index is 1.67. The molecule has 2 amide bonds. The molecular formula is C20H19N3O2S. The van der Waals surface area contributed by atoms with Crippen LogP contribution in [-0.2, 0) is 4.79 Å². The molecule has 132 valence electrons. The molecule has 1 aromatic carbocycles. The maximum absolute atomic E-state index is 12.5. The van der Waals surface area contributed by atoms with E-state index in [0.717, 1.165) is 4.88 Å². The number of amides is 2. The SMILES string of the molecule is Cc1ccc(C(C)C(=O)Nc2cccc(NC(=O)c3ccncc3)c2)s1. The van der Waals surface area contributed by atoms with E-state index in [1.165, 1.54) is 4.88 Å². The Kier molecular flexibility index (Phi) is 5.43. The van der Waals surface area contributed by atoms with Crippen molar-refractivity contribution in [2.75, 3.05) is 10.6 Å². The van der Waals surface area contributed by atoms with E-state index in [2.05, 4.69) is 15.6 Å². The first-order chi connectivity index (χ1) is 12.5. The summed E-state index contributed by atoms with van der Waals surface area (Å²) in [5.41, 5.74) is 1.78. The molecule has 3 aromatic rings. The molecule has 2 N–H and O–H groups in total. The maximum Gasteiger partial charge on any atom is 0.255 e. The van der Waals surface area contributed by atoms with Crippen LogP contribution < -0.4 is 10.6 Å². The van der Waals surface area contributed by atoms with Gasteiger partial charge < -0.3 is 10.6 Å². The number of benzene rings is 1. The standard InChI is InChI=1S/C20H19N3O2S/c1-13-6-7-18(26-13)14(2)19(24)22-16-4-3-5-17(12-16)23-20(25)15-8-10-21-11-9-15/h3-12,14H,1-2H3,(H,22,24)(H,23,25). The number of nitrogens with one attached hydrogen (secondary N) is 2. The van der Waals surface area contributed by atoms with Crippen LogP contribution in [0.5, 0.6) is 0 Å². The van der Waals surface area contributed by atoms with Crippen LogP contribution in [0.25, 0.3) is 0 Å². The van der Waals surface area contributed by atoms with Crippen molar-refractivity contribution in [1.29, 1.82) is 0 Å². The summed E-state index contributed by atoms with van der Waals surface area (Å²) < 4.78 is 0. The minimum absolute atomic E-state index is 0.0792. The Morgan fingerprint density at radius 1 is 1.00 bits per heavy atom. The van der Waals surface area contributed by atoms with Crippen molar-refractivity contribution in [3.05, 3.63) is 76.2 Å². The predicted octanol–water partition coefficient (Wildman–Crippen LogP) is 4.45. The normalized spacial score (nSPS) is 11.6. The Morgan fingerprint density at radius 3 is 2.35 bits per heavy atom. The van der Waals surface area contributed by atoms with E-state index in [1.807, 2.05) is 26.0 Å². The molecule has 0 radical (unpaired) electrons. The summed E-state index contributed by atoms with van der Waals surface area (Å²) in [6, 6.07) is 14.4. The third kappa shape index (κ3) is 4.34. The van der Waals surface area contributed by atoms with Crippen molar-refractivity contribution in [2.24, 2.45) is 0 Å². The second-order valence-corrected chi connectivity index (χ2v) is 7.25. The fourth-order valence-corrected chi connectivity index (χ4v) is 3.37. The van der Waals surface area contributed by atoms with Crippen LogP contribution in [0.2, 0.25) is 0 Å². The lowest BCUT2D eigenvalue weighted by Gasteiger charge is -2.12. The Morgan fingerprint density at radius 2 is 1.69 bits per heavy atom. The smallest absolute Gasteiger partial charge is 0.255 e. The van der Waals surface area contributed by atoms with Gasteiger partial charge in [-0.2, -0.15) is 0 Å². The van der Waals surface area contributed by atoms with Crippen LogP contribution in [0, 0.1) is 6.92 Å². The lowest BCUT2D eigenvalue weighted by Crippen LogP contribution is -2.18. The summed E-state index contributed by atoms with van der Waals surface area (Å²) >= 11 is 1.62. The minimum atomic E-state index is -0.233. The zero-order valence-corrected chi connectivity index (χ0v) is 15.3. The zero-order chi connectivity index (χ0) is 18.5. The van der Waals surface area contributed by atoms with E-state index >= 15 is 0 Å². The Labute approximate surface area is 156 Å². The molecule has 1 atom stereocenters. The number of aromatic nitrogens is 1. The van der Waals surface area contributed by atoms with E-state index in [-0.39, 0.29) is 17.7 Å². The molecule has 26 heavy (non-hydrogen) atoms. The van der Waals surface area contributed by atoms with Gasteiger partial charge in [0.15, 0.2) is 0 Å². The van der Waals surface area contributed by atoms with E-state index < -0.39 is 0 Å². The molecule has 0 aliphatic rings. The molecule has 3 rings (SSSR count). The lowest BCUT2D eigenvalue weighted by molar-refractivity contribution is -0.117. The Bertz CT molecular complexity index is 922. The minimum Gasteiger partial charge on any atom is -0.325 e. The van der Waals surface area contributed by atoms with Crippen molar-refractivity contribution in [3.63, 3.8) is 0 Å². The zero-order valence-electron chi connectivity index (χ0n) is 14.5. The van der Waals surface area contributed by atoms with Gasteiger partial charge in [-0.25, -0.2) is 0 Å². The van der Waals surface area contributed by atoms with E-state index in [1.54, 1.807) is 60.1 Å². The molecule has 0 bridgehead atoms. The van der Waals surface area contributed by atoms with Gasteiger partial charge in [-0.05, 0) is 56.3 Å². The Hall–Kier alpha value is -2.99. The van der Waals surface area contributed by atoms with E-state index in [0.29, 0.717) is 16.9 Å². The molecule has 0 aliphatic carbocycles. The molecule has 1 unspecified atom stereocenters. The lowest BCUT2D eigenvalue weighted by atomic mass is 10.1. The maximum atomic E-state index is 12.5. The number of nitrogens with zero attached hydrogens (tertiary/aromatic N) is 1. The van der Waals surface area contributed by atoms with Crippen molar-refractivity contribution in [3.8, 4) is 0 Å². The summed E-state index contributed by atoms with van der Waals surface area (Å²) in [7, 11) is 0. The molecule has 6 heteroatoms. The number of hydrogen-bond acceptors (Lipinski definition) is 4. The summed E-state index contributed by atoms with van der Waals surface area (Å²) in [4.78, 5) is 30.8. The highest BCUT2D eigenvalue weighted by atomic mass is 32.1. The van der Waals surface area contributed by atoms with Gasteiger partial charge in [-0.3, -0.25) is 14.6 Å². The van der Waals surface area contributed by atoms with E-state index in [4.69, 9.17) is 0 Å². The van der Waals surface area contributed by atoms with Crippen molar-refractivity contribution < 1.29 is 9.59 Å². The van der Waals surface area contributed by atoms with Crippen LogP contribution in [0.1, 0.15) is 33.0 Å². The van der Waals surface area contributed by atoms with Gasteiger partial charge in [0.1, 0.15) is 0 Å². The summed E-state index contributed by atoms with van der Waals surface area (Å²) in [6.07, 6.45) is 3.14. The molecule has 2 aromatic heterocycles. The van der Waals surface area contributed by atoms with Gasteiger partial charge in [0, 0.05) is 39.1 Å². The van der Waals surface area contributed by atoms with Gasteiger partial charge >= 0.3 is 0 Å². The van der Waals surface area contributed by atoms with Crippen LogP contribution in [-0.4, -0.2) is 16.8 Å². The first kappa shape index (κ1) is 17.8. The third-order valence-corrected chi connectivity index (χ3v) is 5.10. The number of rotatable bonds is 5. The average molecular weight is 365 g/mol. The molecule has 5 nitrogen and oxygen atoms in total. The number of pyridine rings is 1. The number of thiophene rings is 1. The van der Waals surface area contributed by atoms with Gasteiger partial charge in [0.25, 0.3) is 5.91 Å². The first-order valence-corrected chi connectivity index (χ1v) is 9.03. The van der Waals surface area contributed by atoms with Gasteiger partial charge in [0.05, 0.1) is 5.92 Å². The second-order valence-electron chi connectivity index (χ2n) is 5.93. The monoisotopic (exact) mass is 365 g/mol. The molecule has 0 aliphatic heterocycles. The number of carbonyl (C=O) groups is 2.